The van der Waals surface area contributed by atoms with E-state index in [0.717, 1.165) is 48.9 Å². The highest BCUT2D eigenvalue weighted by atomic mass is 19.2. The highest BCUT2D eigenvalue weighted by Gasteiger charge is 2.35. The fourth-order valence-electron chi connectivity index (χ4n) is 4.65. The van der Waals surface area contributed by atoms with E-state index in [1.807, 2.05) is 45.0 Å². The topological polar surface area (TPSA) is 51.5 Å². The second kappa shape index (κ2) is 8.57. The van der Waals surface area contributed by atoms with Gasteiger partial charge in [0, 0.05) is 17.0 Å². The van der Waals surface area contributed by atoms with Crippen molar-refractivity contribution in [2.75, 3.05) is 0 Å². The van der Waals surface area contributed by atoms with E-state index >= 15 is 0 Å². The Bertz CT molecular complexity index is 1120. The van der Waals surface area contributed by atoms with E-state index in [4.69, 9.17) is 4.74 Å². The average Bonchev–Trinajstić information content (AvgIpc) is 3.32. The molecule has 1 aliphatic rings. The molecule has 1 saturated carbocycles. The van der Waals surface area contributed by atoms with Crippen LogP contribution in [0.3, 0.4) is 0 Å². The van der Waals surface area contributed by atoms with Crippen LogP contribution in [-0.2, 0) is 16.1 Å². The van der Waals surface area contributed by atoms with E-state index in [1.165, 1.54) is 0 Å². The van der Waals surface area contributed by atoms with Crippen molar-refractivity contribution >= 4 is 16.7 Å². The molecule has 4 rings (SSSR count). The van der Waals surface area contributed by atoms with Crippen LogP contribution < -0.4 is 0 Å². The summed E-state index contributed by atoms with van der Waals surface area (Å²) >= 11 is 0. The van der Waals surface area contributed by atoms with Gasteiger partial charge in [0.2, 0.25) is 0 Å². The minimum absolute atomic E-state index is 0.111. The van der Waals surface area contributed by atoms with Crippen molar-refractivity contribution in [2.45, 2.75) is 64.5 Å². The number of ether oxygens (including phenoxy) is 1. The predicted octanol–water partition coefficient (Wildman–Crippen LogP) is 6.29. The van der Waals surface area contributed by atoms with Crippen LogP contribution in [0.1, 0.15) is 63.5 Å². The summed E-state index contributed by atoms with van der Waals surface area (Å²) in [6.07, 6.45) is 5.89. The standard InChI is InChI=1S/C26H29F2NO3/c1-26(2,3)32-25(31)23(17-6-4-5-7-17)18-10-8-16(9-11-18)14-29-15-19-12-21(27)22(28)13-20(19)24(29)30/h8-13,15,17,23,30H,4-7,14H2,1-3H3. The van der Waals surface area contributed by atoms with Crippen LogP contribution in [-0.4, -0.2) is 21.2 Å². The van der Waals surface area contributed by atoms with Crippen molar-refractivity contribution in [1.29, 1.82) is 0 Å². The van der Waals surface area contributed by atoms with Crippen molar-refractivity contribution in [3.05, 3.63) is 65.4 Å². The molecule has 3 aromatic rings. The third kappa shape index (κ3) is 4.64. The molecule has 1 unspecified atom stereocenters. The lowest BCUT2D eigenvalue weighted by atomic mass is 9.84. The summed E-state index contributed by atoms with van der Waals surface area (Å²) in [4.78, 5) is 13.0. The Morgan fingerprint density at radius 2 is 1.75 bits per heavy atom. The maximum absolute atomic E-state index is 13.5. The lowest BCUT2D eigenvalue weighted by molar-refractivity contribution is -0.158. The van der Waals surface area contributed by atoms with E-state index in [2.05, 4.69) is 0 Å². The summed E-state index contributed by atoms with van der Waals surface area (Å²) in [6.45, 7) is 5.98. The summed E-state index contributed by atoms with van der Waals surface area (Å²) in [6, 6.07) is 9.83. The SMILES string of the molecule is CC(C)(C)OC(=O)C(c1ccc(Cn2cc3cc(F)c(F)cc3c2O)cc1)C1CCCC1. The van der Waals surface area contributed by atoms with Gasteiger partial charge in [0.05, 0.1) is 12.5 Å². The summed E-state index contributed by atoms with van der Waals surface area (Å²) in [5, 5.41) is 11.2. The highest BCUT2D eigenvalue weighted by Crippen LogP contribution is 2.39. The Labute approximate surface area is 186 Å². The quantitative estimate of drug-likeness (QED) is 0.474. The van der Waals surface area contributed by atoms with Gasteiger partial charge in [-0.3, -0.25) is 4.79 Å². The summed E-state index contributed by atoms with van der Waals surface area (Å²) in [5.41, 5.74) is 1.29. The Kier molecular flexibility index (Phi) is 5.97. The van der Waals surface area contributed by atoms with Crippen LogP contribution in [0.15, 0.2) is 42.6 Å². The normalized spacial score (nSPS) is 15.9. The number of benzene rings is 2. The van der Waals surface area contributed by atoms with E-state index in [1.54, 1.807) is 10.8 Å². The molecule has 1 fully saturated rings. The van der Waals surface area contributed by atoms with Crippen LogP contribution in [0.5, 0.6) is 5.88 Å². The van der Waals surface area contributed by atoms with Gasteiger partial charge >= 0.3 is 5.97 Å². The molecule has 0 radical (unpaired) electrons. The minimum Gasteiger partial charge on any atom is -0.494 e. The van der Waals surface area contributed by atoms with Crippen LogP contribution in [0.2, 0.25) is 0 Å². The zero-order valence-corrected chi connectivity index (χ0v) is 18.7. The Balaban J connectivity index is 1.58. The number of halogens is 2. The maximum atomic E-state index is 13.5. The molecule has 0 spiro atoms. The van der Waals surface area contributed by atoms with E-state index in [-0.39, 0.29) is 29.1 Å². The second-order valence-electron chi connectivity index (χ2n) is 9.73. The summed E-state index contributed by atoms with van der Waals surface area (Å²) in [5.74, 6) is -2.25. The van der Waals surface area contributed by atoms with Gasteiger partial charge in [0.1, 0.15) is 5.60 Å². The fourth-order valence-corrected chi connectivity index (χ4v) is 4.65. The fraction of sp³-hybridized carbons (Fsp3) is 0.423. The monoisotopic (exact) mass is 441 g/mol. The van der Waals surface area contributed by atoms with Gasteiger partial charge in [-0.25, -0.2) is 8.78 Å². The smallest absolute Gasteiger partial charge is 0.314 e. The number of fused-ring (bicyclic) bond motifs is 1. The van der Waals surface area contributed by atoms with Gasteiger partial charge in [-0.05, 0) is 62.8 Å². The number of aromatic nitrogens is 1. The van der Waals surface area contributed by atoms with Crippen molar-refractivity contribution < 1.29 is 23.4 Å². The largest absolute Gasteiger partial charge is 0.494 e. The highest BCUT2D eigenvalue weighted by molar-refractivity contribution is 5.88. The molecule has 1 atom stereocenters. The molecule has 1 aliphatic carbocycles. The van der Waals surface area contributed by atoms with Gasteiger partial charge < -0.3 is 14.4 Å². The van der Waals surface area contributed by atoms with Gasteiger partial charge in [-0.15, -0.1) is 0 Å². The molecule has 6 heteroatoms. The van der Waals surface area contributed by atoms with E-state index in [0.29, 0.717) is 11.9 Å². The zero-order valence-electron chi connectivity index (χ0n) is 18.7. The number of hydrogen-bond donors (Lipinski definition) is 1. The first-order valence-corrected chi connectivity index (χ1v) is 11.1. The lowest BCUT2D eigenvalue weighted by Gasteiger charge is -2.27. The molecule has 1 N–H and O–H groups in total. The number of aromatic hydroxyl groups is 1. The predicted molar refractivity (Wildman–Crippen MR) is 120 cm³/mol. The molecule has 0 aliphatic heterocycles. The molecule has 1 heterocycles. The Morgan fingerprint density at radius 3 is 2.38 bits per heavy atom. The second-order valence-corrected chi connectivity index (χ2v) is 9.73. The van der Waals surface area contributed by atoms with Gasteiger partial charge in [-0.1, -0.05) is 37.1 Å². The molecule has 32 heavy (non-hydrogen) atoms. The third-order valence-electron chi connectivity index (χ3n) is 6.12. The Morgan fingerprint density at radius 1 is 1.12 bits per heavy atom. The number of esters is 1. The first-order valence-electron chi connectivity index (χ1n) is 11.1. The van der Waals surface area contributed by atoms with Gasteiger partial charge in [-0.2, -0.15) is 0 Å². The van der Waals surface area contributed by atoms with Gasteiger partial charge in [0.25, 0.3) is 0 Å². The van der Waals surface area contributed by atoms with E-state index < -0.39 is 17.2 Å². The first-order chi connectivity index (χ1) is 15.1. The van der Waals surface area contributed by atoms with Crippen LogP contribution in [0.25, 0.3) is 10.8 Å². The molecule has 0 bridgehead atoms. The van der Waals surface area contributed by atoms with E-state index in [9.17, 15) is 18.7 Å². The number of hydrogen-bond acceptors (Lipinski definition) is 3. The average molecular weight is 442 g/mol. The molecule has 4 nitrogen and oxygen atoms in total. The minimum atomic E-state index is -0.991. The number of carbonyl (C=O) groups excluding carboxylic acids is 1. The molecule has 0 saturated heterocycles. The van der Waals surface area contributed by atoms with Gasteiger partial charge in [0.15, 0.2) is 17.5 Å². The van der Waals surface area contributed by atoms with Crippen LogP contribution in [0, 0.1) is 17.6 Å². The summed E-state index contributed by atoms with van der Waals surface area (Å²) < 4.78 is 34.4. The molecule has 0 amide bonds. The van der Waals surface area contributed by atoms with Crippen molar-refractivity contribution in [3.8, 4) is 5.88 Å². The first kappa shape index (κ1) is 22.3. The molecule has 1 aromatic heterocycles. The summed E-state index contributed by atoms with van der Waals surface area (Å²) in [7, 11) is 0. The van der Waals surface area contributed by atoms with Crippen LogP contribution in [0.4, 0.5) is 8.78 Å². The maximum Gasteiger partial charge on any atom is 0.314 e. The zero-order chi connectivity index (χ0) is 23.0. The number of rotatable bonds is 5. The van der Waals surface area contributed by atoms with Crippen molar-refractivity contribution in [2.24, 2.45) is 5.92 Å². The molecular weight excluding hydrogens is 412 g/mol. The number of carbonyl (C=O) groups is 1. The number of nitrogens with zero attached hydrogens (tertiary/aromatic N) is 1. The van der Waals surface area contributed by atoms with Crippen molar-refractivity contribution in [1.82, 2.24) is 4.57 Å². The molecular formula is C26H29F2NO3. The molecule has 170 valence electrons. The molecule has 2 aromatic carbocycles. The Hall–Kier alpha value is -2.89. The van der Waals surface area contributed by atoms with Crippen molar-refractivity contribution in [3.63, 3.8) is 0 Å². The third-order valence-corrected chi connectivity index (χ3v) is 6.12. The lowest BCUT2D eigenvalue weighted by Crippen LogP contribution is -2.30. The van der Waals surface area contributed by atoms with Crippen LogP contribution >= 0.6 is 0 Å².